The highest BCUT2D eigenvalue weighted by molar-refractivity contribution is 9.10. The number of hydrogen-bond donors (Lipinski definition) is 2. The van der Waals surface area contributed by atoms with Gasteiger partial charge in [-0.2, -0.15) is 0 Å². The summed E-state index contributed by atoms with van der Waals surface area (Å²) in [6.07, 6.45) is 5.47. The number of rotatable bonds is 4. The highest BCUT2D eigenvalue weighted by Gasteiger charge is 2.06. The van der Waals surface area contributed by atoms with Gasteiger partial charge in [0.1, 0.15) is 4.60 Å². The van der Waals surface area contributed by atoms with E-state index in [0.29, 0.717) is 6.54 Å². The number of aliphatic hydroxyl groups is 1. The Morgan fingerprint density at radius 2 is 2.15 bits per heavy atom. The molecule has 5 nitrogen and oxygen atoms in total. The summed E-state index contributed by atoms with van der Waals surface area (Å²) in [5.74, 6) is 0.721. The second kappa shape index (κ2) is 5.60. The average Bonchev–Trinajstić information content (AvgIpc) is 2.93. The highest BCUT2D eigenvalue weighted by atomic mass is 79.9. The molecule has 3 rings (SSSR count). The van der Waals surface area contributed by atoms with Crippen molar-refractivity contribution in [1.82, 2.24) is 14.4 Å². The molecule has 2 N–H and O–H groups in total. The number of aromatic nitrogens is 3. The maximum Gasteiger partial charge on any atom is 0.180 e. The van der Waals surface area contributed by atoms with Crippen LogP contribution < -0.4 is 5.32 Å². The molecule has 6 heteroatoms. The van der Waals surface area contributed by atoms with Crippen molar-refractivity contribution in [3.8, 4) is 0 Å². The molecule has 3 aromatic rings. The third kappa shape index (κ3) is 2.66. The summed E-state index contributed by atoms with van der Waals surface area (Å²) in [6.45, 7) is 0.674. The lowest BCUT2D eigenvalue weighted by Gasteiger charge is -2.08. The zero-order valence-electron chi connectivity index (χ0n) is 10.6. The lowest BCUT2D eigenvalue weighted by molar-refractivity contribution is 0.281. The van der Waals surface area contributed by atoms with E-state index < -0.39 is 0 Å². The fraction of sp³-hybridized carbons (Fsp3) is 0.143. The van der Waals surface area contributed by atoms with E-state index in [0.717, 1.165) is 27.2 Å². The van der Waals surface area contributed by atoms with Gasteiger partial charge in [0.15, 0.2) is 11.5 Å². The number of benzene rings is 1. The number of hydrogen-bond acceptors (Lipinski definition) is 4. The molecule has 0 bridgehead atoms. The van der Waals surface area contributed by atoms with E-state index in [-0.39, 0.29) is 6.61 Å². The molecule has 0 spiro atoms. The number of imidazole rings is 1. The zero-order valence-corrected chi connectivity index (χ0v) is 12.2. The van der Waals surface area contributed by atoms with Crippen LogP contribution in [-0.4, -0.2) is 19.5 Å². The Hall–Kier alpha value is -1.92. The standard InChI is InChI=1S/C14H13BrN4O/c15-12-8-19-5-4-16-14(19)13(18-12)17-7-10-2-1-3-11(6-10)9-20/h1-6,8,20H,7,9H2,(H,17,18). The van der Waals surface area contributed by atoms with Crippen molar-refractivity contribution in [3.05, 3.63) is 58.6 Å². The van der Waals surface area contributed by atoms with Crippen molar-refractivity contribution in [2.75, 3.05) is 5.32 Å². The van der Waals surface area contributed by atoms with Gasteiger partial charge < -0.3 is 14.8 Å². The summed E-state index contributed by atoms with van der Waals surface area (Å²) in [6, 6.07) is 7.80. The van der Waals surface area contributed by atoms with Gasteiger partial charge in [0.2, 0.25) is 0 Å². The summed E-state index contributed by atoms with van der Waals surface area (Å²) in [5, 5.41) is 12.4. The summed E-state index contributed by atoms with van der Waals surface area (Å²) in [5.41, 5.74) is 2.77. The van der Waals surface area contributed by atoms with Crippen molar-refractivity contribution >= 4 is 27.4 Å². The molecule has 0 atom stereocenters. The van der Waals surface area contributed by atoms with Crippen molar-refractivity contribution in [1.29, 1.82) is 0 Å². The van der Waals surface area contributed by atoms with Crippen LogP contribution in [0.3, 0.4) is 0 Å². The van der Waals surface area contributed by atoms with E-state index in [4.69, 9.17) is 5.11 Å². The quantitative estimate of drug-likeness (QED) is 0.770. The van der Waals surface area contributed by atoms with Gasteiger partial charge in [-0.3, -0.25) is 0 Å². The van der Waals surface area contributed by atoms with E-state index in [2.05, 4.69) is 31.2 Å². The van der Waals surface area contributed by atoms with Gasteiger partial charge >= 0.3 is 0 Å². The summed E-state index contributed by atoms with van der Waals surface area (Å²) >= 11 is 3.38. The van der Waals surface area contributed by atoms with Gasteiger partial charge in [0, 0.05) is 25.1 Å². The van der Waals surface area contributed by atoms with Crippen LogP contribution in [0.4, 0.5) is 5.82 Å². The number of anilines is 1. The van der Waals surface area contributed by atoms with E-state index in [1.165, 1.54) is 0 Å². The third-order valence-electron chi connectivity index (χ3n) is 2.98. The van der Waals surface area contributed by atoms with Crippen LogP contribution in [0.5, 0.6) is 0 Å². The van der Waals surface area contributed by atoms with Crippen LogP contribution >= 0.6 is 15.9 Å². The van der Waals surface area contributed by atoms with Crippen LogP contribution in [0.2, 0.25) is 0 Å². The first-order valence-corrected chi connectivity index (χ1v) is 6.97. The molecule has 0 aliphatic rings. The lowest BCUT2D eigenvalue weighted by atomic mass is 10.1. The Morgan fingerprint density at radius 3 is 3.00 bits per heavy atom. The average molecular weight is 333 g/mol. The Balaban J connectivity index is 1.84. The second-order valence-corrected chi connectivity index (χ2v) is 5.21. The number of nitrogens with zero attached hydrogens (tertiary/aromatic N) is 3. The number of nitrogens with one attached hydrogen (secondary N) is 1. The van der Waals surface area contributed by atoms with E-state index in [1.54, 1.807) is 6.20 Å². The first-order chi connectivity index (χ1) is 9.76. The summed E-state index contributed by atoms with van der Waals surface area (Å²) in [4.78, 5) is 8.69. The van der Waals surface area contributed by atoms with E-state index in [9.17, 15) is 0 Å². The Labute approximate surface area is 124 Å². The maximum atomic E-state index is 9.14. The molecule has 0 radical (unpaired) electrons. The van der Waals surface area contributed by atoms with Gasteiger partial charge in [0.25, 0.3) is 0 Å². The van der Waals surface area contributed by atoms with Gasteiger partial charge in [-0.15, -0.1) is 0 Å². The van der Waals surface area contributed by atoms with E-state index in [1.807, 2.05) is 41.1 Å². The molecule has 0 amide bonds. The third-order valence-corrected chi connectivity index (χ3v) is 3.36. The molecular formula is C14H13BrN4O. The van der Waals surface area contributed by atoms with Crippen LogP contribution in [0, 0.1) is 0 Å². The molecule has 0 saturated carbocycles. The largest absolute Gasteiger partial charge is 0.392 e. The van der Waals surface area contributed by atoms with Gasteiger partial charge in [-0.1, -0.05) is 24.3 Å². The number of halogens is 1. The summed E-state index contributed by atoms with van der Waals surface area (Å²) < 4.78 is 2.65. The molecule has 2 aromatic heterocycles. The predicted molar refractivity (Wildman–Crippen MR) is 80.4 cm³/mol. The van der Waals surface area contributed by atoms with Crippen molar-refractivity contribution in [2.45, 2.75) is 13.2 Å². The zero-order chi connectivity index (χ0) is 13.9. The van der Waals surface area contributed by atoms with Crippen LogP contribution in [-0.2, 0) is 13.2 Å². The monoisotopic (exact) mass is 332 g/mol. The van der Waals surface area contributed by atoms with Crippen molar-refractivity contribution < 1.29 is 5.11 Å². The minimum absolute atomic E-state index is 0.0491. The molecule has 20 heavy (non-hydrogen) atoms. The fourth-order valence-corrected chi connectivity index (χ4v) is 2.44. The van der Waals surface area contributed by atoms with Gasteiger partial charge in [-0.05, 0) is 27.1 Å². The highest BCUT2D eigenvalue weighted by Crippen LogP contribution is 2.17. The predicted octanol–water partition coefficient (Wildman–Crippen LogP) is 2.60. The molecule has 0 aliphatic heterocycles. The minimum atomic E-state index is 0.0491. The van der Waals surface area contributed by atoms with Crippen LogP contribution in [0.1, 0.15) is 11.1 Å². The Bertz CT molecular complexity index is 741. The number of fused-ring (bicyclic) bond motifs is 1. The topological polar surface area (TPSA) is 62.5 Å². The van der Waals surface area contributed by atoms with E-state index >= 15 is 0 Å². The minimum Gasteiger partial charge on any atom is -0.392 e. The number of aliphatic hydroxyl groups excluding tert-OH is 1. The Morgan fingerprint density at radius 1 is 1.30 bits per heavy atom. The fourth-order valence-electron chi connectivity index (χ4n) is 2.04. The maximum absolute atomic E-state index is 9.14. The molecule has 0 saturated heterocycles. The van der Waals surface area contributed by atoms with Gasteiger partial charge in [0.05, 0.1) is 6.61 Å². The SMILES string of the molecule is OCc1cccc(CNc2nc(Br)cn3ccnc23)c1. The van der Waals surface area contributed by atoms with Crippen molar-refractivity contribution in [3.63, 3.8) is 0 Å². The normalized spacial score (nSPS) is 10.9. The summed E-state index contributed by atoms with van der Waals surface area (Å²) in [7, 11) is 0. The smallest absolute Gasteiger partial charge is 0.180 e. The van der Waals surface area contributed by atoms with Crippen LogP contribution in [0.15, 0.2) is 47.5 Å². The molecular weight excluding hydrogens is 320 g/mol. The molecule has 0 unspecified atom stereocenters. The first kappa shape index (κ1) is 13.1. The molecule has 2 heterocycles. The lowest BCUT2D eigenvalue weighted by Crippen LogP contribution is -2.04. The molecule has 0 aliphatic carbocycles. The van der Waals surface area contributed by atoms with Crippen LogP contribution in [0.25, 0.3) is 5.65 Å². The van der Waals surface area contributed by atoms with Crippen molar-refractivity contribution in [2.24, 2.45) is 0 Å². The molecule has 102 valence electrons. The molecule has 0 fully saturated rings. The second-order valence-electron chi connectivity index (χ2n) is 4.40. The Kier molecular flexibility index (Phi) is 3.66. The molecule has 1 aromatic carbocycles. The first-order valence-electron chi connectivity index (χ1n) is 6.18. The van der Waals surface area contributed by atoms with Gasteiger partial charge in [-0.25, -0.2) is 9.97 Å².